The second-order valence-electron chi connectivity index (χ2n) is 8.84. The van der Waals surface area contributed by atoms with Crippen molar-refractivity contribution in [1.82, 2.24) is 10.2 Å². The molecule has 2 aromatic carbocycles. The van der Waals surface area contributed by atoms with Crippen LogP contribution in [0.2, 0.25) is 0 Å². The number of para-hydroxylation sites is 1. The fraction of sp³-hybridized carbons (Fsp3) is 0.259. The molecule has 3 heterocycles. The van der Waals surface area contributed by atoms with Gasteiger partial charge in [0, 0.05) is 36.1 Å². The van der Waals surface area contributed by atoms with Crippen LogP contribution < -0.4 is 20.2 Å². The smallest absolute Gasteiger partial charge is 0.231 e. The van der Waals surface area contributed by atoms with E-state index < -0.39 is 5.92 Å². The normalized spacial score (nSPS) is 14.2. The maximum Gasteiger partial charge on any atom is 0.231 e. The number of phenols is 1. The van der Waals surface area contributed by atoms with Gasteiger partial charge in [0.25, 0.3) is 0 Å². The first-order valence-corrected chi connectivity index (χ1v) is 11.5. The molecule has 0 radical (unpaired) electrons. The number of likely N-dealkylation sites (N-methyl/N-ethyl adjacent to an activating group) is 1. The van der Waals surface area contributed by atoms with Gasteiger partial charge in [-0.1, -0.05) is 12.1 Å². The van der Waals surface area contributed by atoms with Crippen LogP contribution in [0.4, 0.5) is 0 Å². The van der Waals surface area contributed by atoms with Crippen molar-refractivity contribution in [3.05, 3.63) is 88.2 Å². The maximum absolute atomic E-state index is 13.4. The molecule has 0 bridgehead atoms. The average molecular weight is 491 g/mol. The molecule has 1 aliphatic heterocycles. The first-order valence-electron chi connectivity index (χ1n) is 11.5. The van der Waals surface area contributed by atoms with Crippen LogP contribution in [0.1, 0.15) is 35.3 Å². The molecule has 1 amide bonds. The summed E-state index contributed by atoms with van der Waals surface area (Å²) in [4.78, 5) is 28.6. The molecule has 0 spiro atoms. The number of nitrogens with zero attached hydrogens (tertiary/aromatic N) is 1. The number of phenolic OH excluding ortho intramolecular Hbond substituents is 1. The molecule has 0 saturated heterocycles. The van der Waals surface area contributed by atoms with Crippen molar-refractivity contribution in [2.75, 3.05) is 27.4 Å². The monoisotopic (exact) mass is 490 g/mol. The van der Waals surface area contributed by atoms with Crippen molar-refractivity contribution >= 4 is 16.9 Å². The van der Waals surface area contributed by atoms with Crippen molar-refractivity contribution in [3.63, 3.8) is 0 Å². The lowest BCUT2D eigenvalue weighted by Gasteiger charge is -2.23. The predicted octanol–water partition coefficient (Wildman–Crippen LogP) is 3.76. The van der Waals surface area contributed by atoms with Crippen LogP contribution in [0.5, 0.6) is 17.2 Å². The topological polar surface area (TPSA) is 114 Å². The van der Waals surface area contributed by atoms with E-state index in [1.54, 1.807) is 42.7 Å². The van der Waals surface area contributed by atoms with Crippen LogP contribution in [-0.2, 0) is 4.79 Å². The molecule has 2 N–H and O–H groups in total. The van der Waals surface area contributed by atoms with Gasteiger partial charge in [-0.3, -0.25) is 14.5 Å². The molecule has 9 heteroatoms. The molecule has 2 aromatic heterocycles. The molecular formula is C27H26N2O7. The van der Waals surface area contributed by atoms with Crippen molar-refractivity contribution < 1.29 is 28.2 Å². The number of rotatable bonds is 8. The minimum Gasteiger partial charge on any atom is -0.508 e. The molecule has 1 aliphatic rings. The Hall–Kier alpha value is -4.24. The number of amides is 1. The number of carbonyl (C=O) groups is 1. The minimum absolute atomic E-state index is 0.0280. The third-order valence-electron chi connectivity index (χ3n) is 6.36. The van der Waals surface area contributed by atoms with Crippen LogP contribution in [0.15, 0.2) is 74.7 Å². The Morgan fingerprint density at radius 1 is 1.06 bits per heavy atom. The minimum atomic E-state index is -0.790. The number of hydrogen-bond acceptors (Lipinski definition) is 8. The zero-order valence-corrected chi connectivity index (χ0v) is 19.9. The van der Waals surface area contributed by atoms with Crippen LogP contribution >= 0.6 is 0 Å². The summed E-state index contributed by atoms with van der Waals surface area (Å²) in [5.41, 5.74) is 0.797. The Morgan fingerprint density at radius 2 is 1.83 bits per heavy atom. The number of carbonyl (C=O) groups excluding carboxylic acids is 1. The van der Waals surface area contributed by atoms with Crippen LogP contribution in [0, 0.1) is 0 Å². The molecule has 0 saturated carbocycles. The van der Waals surface area contributed by atoms with Crippen molar-refractivity contribution in [2.24, 2.45) is 0 Å². The van der Waals surface area contributed by atoms with E-state index in [9.17, 15) is 14.7 Å². The molecule has 2 atom stereocenters. The Balaban J connectivity index is 1.48. The summed E-state index contributed by atoms with van der Waals surface area (Å²) in [6, 6.07) is 13.4. The third kappa shape index (κ3) is 4.52. The van der Waals surface area contributed by atoms with Gasteiger partial charge in [-0.15, -0.1) is 0 Å². The molecule has 186 valence electrons. The predicted molar refractivity (Wildman–Crippen MR) is 131 cm³/mol. The molecule has 0 unspecified atom stereocenters. The second kappa shape index (κ2) is 9.79. The van der Waals surface area contributed by atoms with E-state index in [1.807, 2.05) is 25.1 Å². The summed E-state index contributed by atoms with van der Waals surface area (Å²) < 4.78 is 22.1. The summed E-state index contributed by atoms with van der Waals surface area (Å²) in [5.74, 6) is 0.359. The fourth-order valence-corrected chi connectivity index (χ4v) is 4.43. The zero-order valence-electron chi connectivity index (χ0n) is 19.9. The lowest BCUT2D eigenvalue weighted by atomic mass is 9.87. The zero-order chi connectivity index (χ0) is 25.2. The van der Waals surface area contributed by atoms with Crippen molar-refractivity contribution in [2.45, 2.75) is 18.4 Å². The number of nitrogens with one attached hydrogen (secondary N) is 1. The Morgan fingerprint density at radius 3 is 2.58 bits per heavy atom. The molecule has 0 fully saturated rings. The van der Waals surface area contributed by atoms with Gasteiger partial charge in [0.1, 0.15) is 17.1 Å². The first-order chi connectivity index (χ1) is 17.4. The number of benzene rings is 2. The van der Waals surface area contributed by atoms with Gasteiger partial charge in [-0.2, -0.15) is 0 Å². The van der Waals surface area contributed by atoms with E-state index >= 15 is 0 Å². The van der Waals surface area contributed by atoms with Gasteiger partial charge in [0.05, 0.1) is 24.0 Å². The quantitative estimate of drug-likeness (QED) is 0.384. The summed E-state index contributed by atoms with van der Waals surface area (Å²) >= 11 is 0. The van der Waals surface area contributed by atoms with Crippen molar-refractivity contribution in [3.8, 4) is 17.2 Å². The highest BCUT2D eigenvalue weighted by molar-refractivity contribution is 5.80. The Labute approximate surface area is 206 Å². The molecule has 36 heavy (non-hydrogen) atoms. The van der Waals surface area contributed by atoms with Gasteiger partial charge in [-0.05, 0) is 44.4 Å². The summed E-state index contributed by atoms with van der Waals surface area (Å²) in [5, 5.41) is 14.2. The summed E-state index contributed by atoms with van der Waals surface area (Å²) in [6.07, 6.45) is 2.85. The first kappa shape index (κ1) is 23.5. The van der Waals surface area contributed by atoms with Gasteiger partial charge in [0.15, 0.2) is 16.9 Å². The van der Waals surface area contributed by atoms with E-state index in [-0.39, 0.29) is 41.9 Å². The largest absolute Gasteiger partial charge is 0.508 e. The average Bonchev–Trinajstić information content (AvgIpc) is 3.55. The molecule has 4 aromatic rings. The summed E-state index contributed by atoms with van der Waals surface area (Å²) in [6.45, 7) is 0.325. The standard InChI is InChI=1S/C27H26N2O7/c1-29(2)20(23-8-5-9-33-23)13-28-26(31)11-17(18-10-24-25(12-21(18)30)36-15-35-24)19-14-34-22-7-4-3-6-16(22)27(19)32/h3-10,12,14,17,20,30H,11,13,15H2,1-2H3,(H,28,31)/t17-,20-/m1/s1. The summed E-state index contributed by atoms with van der Waals surface area (Å²) in [7, 11) is 3.79. The molecule has 5 rings (SSSR count). The van der Waals surface area contributed by atoms with E-state index in [2.05, 4.69) is 5.32 Å². The van der Waals surface area contributed by atoms with Gasteiger partial charge in [0.2, 0.25) is 12.7 Å². The van der Waals surface area contributed by atoms with E-state index in [0.717, 1.165) is 5.76 Å². The maximum atomic E-state index is 13.4. The highest BCUT2D eigenvalue weighted by Gasteiger charge is 2.29. The van der Waals surface area contributed by atoms with E-state index in [4.69, 9.17) is 18.3 Å². The van der Waals surface area contributed by atoms with E-state index in [0.29, 0.717) is 34.6 Å². The molecular weight excluding hydrogens is 464 g/mol. The highest BCUT2D eigenvalue weighted by atomic mass is 16.7. The van der Waals surface area contributed by atoms with Gasteiger partial charge >= 0.3 is 0 Å². The van der Waals surface area contributed by atoms with E-state index in [1.165, 1.54) is 12.3 Å². The third-order valence-corrected chi connectivity index (χ3v) is 6.36. The number of furan rings is 1. The molecule has 9 nitrogen and oxygen atoms in total. The Bertz CT molecular complexity index is 1440. The van der Waals surface area contributed by atoms with Crippen molar-refractivity contribution in [1.29, 1.82) is 0 Å². The number of ether oxygens (including phenoxy) is 2. The van der Waals surface area contributed by atoms with Gasteiger partial charge in [-0.25, -0.2) is 0 Å². The second-order valence-corrected chi connectivity index (χ2v) is 8.84. The number of aromatic hydroxyl groups is 1. The lowest BCUT2D eigenvalue weighted by Crippen LogP contribution is -2.35. The van der Waals surface area contributed by atoms with Crippen LogP contribution in [0.3, 0.4) is 0 Å². The number of fused-ring (bicyclic) bond motifs is 2. The SMILES string of the molecule is CN(C)[C@H](CNC(=O)C[C@H](c1cc2c(cc1O)OCO2)c1coc2ccccc2c1=O)c1ccco1. The van der Waals surface area contributed by atoms with Gasteiger partial charge < -0.3 is 28.7 Å². The fourth-order valence-electron chi connectivity index (χ4n) is 4.43. The lowest BCUT2D eigenvalue weighted by molar-refractivity contribution is -0.121. The number of hydrogen-bond donors (Lipinski definition) is 2. The van der Waals surface area contributed by atoms with Crippen LogP contribution in [0.25, 0.3) is 11.0 Å². The molecule has 0 aliphatic carbocycles. The van der Waals surface area contributed by atoms with Crippen LogP contribution in [-0.4, -0.2) is 43.3 Å². The Kier molecular flexibility index (Phi) is 6.39. The highest BCUT2D eigenvalue weighted by Crippen LogP contribution is 2.42.